The van der Waals surface area contributed by atoms with Crippen LogP contribution in [0.5, 0.6) is 0 Å². The maximum Gasteiger partial charge on any atom is 0.191 e. The van der Waals surface area contributed by atoms with Gasteiger partial charge in [0.25, 0.3) is 0 Å². The molecule has 0 amide bonds. The molecule has 25 heavy (non-hydrogen) atoms. The summed E-state index contributed by atoms with van der Waals surface area (Å²) < 4.78 is 0. The molecular formula is C19H30IN5. The highest BCUT2D eigenvalue weighted by Crippen LogP contribution is 2.12. The van der Waals surface area contributed by atoms with E-state index in [9.17, 15) is 0 Å². The summed E-state index contributed by atoms with van der Waals surface area (Å²) in [6.07, 6.45) is 2.30. The molecule has 0 saturated carbocycles. The lowest BCUT2D eigenvalue weighted by molar-refractivity contribution is 0.187. The molecule has 2 N–H and O–H groups in total. The quantitative estimate of drug-likeness (QED) is 0.407. The summed E-state index contributed by atoms with van der Waals surface area (Å²) >= 11 is 0. The molecule has 0 spiro atoms. The van der Waals surface area contributed by atoms with E-state index in [-0.39, 0.29) is 24.0 Å². The second-order valence-electron chi connectivity index (χ2n) is 6.85. The zero-order valence-corrected chi connectivity index (χ0v) is 17.8. The lowest BCUT2D eigenvalue weighted by Crippen LogP contribution is -2.48. The SMILES string of the molecule is CN=C(NCc1cccc(C#N)c1)NC1CCN(CC(C)C)CC1.I. The van der Waals surface area contributed by atoms with Crippen molar-refractivity contribution in [3.63, 3.8) is 0 Å². The second kappa shape index (κ2) is 11.3. The van der Waals surface area contributed by atoms with Gasteiger partial charge in [-0.1, -0.05) is 26.0 Å². The van der Waals surface area contributed by atoms with E-state index in [0.717, 1.165) is 43.4 Å². The molecule has 1 saturated heterocycles. The maximum absolute atomic E-state index is 8.97. The fraction of sp³-hybridized carbons (Fsp3) is 0.579. The number of halogens is 1. The number of hydrogen-bond donors (Lipinski definition) is 2. The van der Waals surface area contributed by atoms with Crippen molar-refractivity contribution in [2.75, 3.05) is 26.7 Å². The van der Waals surface area contributed by atoms with E-state index >= 15 is 0 Å². The van der Waals surface area contributed by atoms with Gasteiger partial charge in [0.1, 0.15) is 0 Å². The van der Waals surface area contributed by atoms with Crippen LogP contribution >= 0.6 is 24.0 Å². The molecule has 1 heterocycles. The van der Waals surface area contributed by atoms with Crippen molar-refractivity contribution in [2.24, 2.45) is 10.9 Å². The molecule has 1 aliphatic rings. The topological polar surface area (TPSA) is 63.5 Å². The van der Waals surface area contributed by atoms with Gasteiger partial charge in [0, 0.05) is 39.3 Å². The van der Waals surface area contributed by atoms with Gasteiger partial charge >= 0.3 is 0 Å². The summed E-state index contributed by atoms with van der Waals surface area (Å²) in [6, 6.07) is 10.3. The Labute approximate surface area is 168 Å². The number of aliphatic imine (C=N–C) groups is 1. The minimum Gasteiger partial charge on any atom is -0.354 e. The summed E-state index contributed by atoms with van der Waals surface area (Å²) in [5.41, 5.74) is 1.78. The molecule has 0 aliphatic carbocycles. The average molecular weight is 455 g/mol. The van der Waals surface area contributed by atoms with Crippen LogP contribution < -0.4 is 10.6 Å². The van der Waals surface area contributed by atoms with Crippen molar-refractivity contribution < 1.29 is 0 Å². The van der Waals surface area contributed by atoms with E-state index in [1.165, 1.54) is 6.54 Å². The number of nitrogens with zero attached hydrogens (tertiary/aromatic N) is 3. The van der Waals surface area contributed by atoms with Gasteiger partial charge in [0.2, 0.25) is 0 Å². The fourth-order valence-corrected chi connectivity index (χ4v) is 3.10. The third kappa shape index (κ3) is 7.61. The van der Waals surface area contributed by atoms with Gasteiger partial charge in [-0.3, -0.25) is 4.99 Å². The van der Waals surface area contributed by atoms with Crippen LogP contribution in [0.25, 0.3) is 0 Å². The molecule has 6 heteroatoms. The number of hydrogen-bond acceptors (Lipinski definition) is 3. The van der Waals surface area contributed by atoms with E-state index < -0.39 is 0 Å². The molecule has 1 aliphatic heterocycles. The molecule has 2 rings (SSSR count). The van der Waals surface area contributed by atoms with Crippen LogP contribution in [-0.4, -0.2) is 43.6 Å². The van der Waals surface area contributed by atoms with Crippen molar-refractivity contribution in [3.05, 3.63) is 35.4 Å². The summed E-state index contributed by atoms with van der Waals surface area (Å²) in [7, 11) is 1.80. The van der Waals surface area contributed by atoms with E-state index in [1.807, 2.05) is 24.3 Å². The Morgan fingerprint density at radius 3 is 2.68 bits per heavy atom. The zero-order valence-electron chi connectivity index (χ0n) is 15.5. The molecule has 0 aromatic heterocycles. The van der Waals surface area contributed by atoms with Crippen LogP contribution in [0.2, 0.25) is 0 Å². The number of nitriles is 1. The van der Waals surface area contributed by atoms with Gasteiger partial charge in [-0.15, -0.1) is 24.0 Å². The first-order valence-corrected chi connectivity index (χ1v) is 8.79. The summed E-state index contributed by atoms with van der Waals surface area (Å²) in [4.78, 5) is 6.87. The van der Waals surface area contributed by atoms with Gasteiger partial charge in [0.15, 0.2) is 5.96 Å². The highest BCUT2D eigenvalue weighted by Gasteiger charge is 2.20. The third-order valence-corrected chi connectivity index (χ3v) is 4.29. The van der Waals surface area contributed by atoms with Gasteiger partial charge in [-0.2, -0.15) is 5.26 Å². The molecule has 5 nitrogen and oxygen atoms in total. The highest BCUT2D eigenvalue weighted by atomic mass is 127. The predicted octanol–water partition coefficient (Wildman–Crippen LogP) is 2.96. The van der Waals surface area contributed by atoms with Crippen LogP contribution in [0.3, 0.4) is 0 Å². The van der Waals surface area contributed by atoms with Crippen molar-refractivity contribution in [1.82, 2.24) is 15.5 Å². The standard InChI is InChI=1S/C19H29N5.HI/c1-15(2)14-24-9-7-18(8-10-24)23-19(21-3)22-13-17-6-4-5-16(11-17)12-20;/h4-6,11,15,18H,7-10,13-14H2,1-3H3,(H2,21,22,23);1H. The first kappa shape index (κ1) is 21.7. The number of rotatable bonds is 5. The van der Waals surface area contributed by atoms with Crippen LogP contribution in [0.1, 0.15) is 37.8 Å². The second-order valence-corrected chi connectivity index (χ2v) is 6.85. The Balaban J connectivity index is 0.00000312. The lowest BCUT2D eigenvalue weighted by Gasteiger charge is -2.34. The van der Waals surface area contributed by atoms with Crippen LogP contribution in [0.4, 0.5) is 0 Å². The van der Waals surface area contributed by atoms with Crippen molar-refractivity contribution in [3.8, 4) is 6.07 Å². The molecular weight excluding hydrogens is 425 g/mol. The van der Waals surface area contributed by atoms with Gasteiger partial charge in [-0.05, 0) is 36.5 Å². The Morgan fingerprint density at radius 2 is 2.08 bits per heavy atom. The largest absolute Gasteiger partial charge is 0.354 e. The molecule has 0 unspecified atom stereocenters. The average Bonchev–Trinajstić information content (AvgIpc) is 2.59. The summed E-state index contributed by atoms with van der Waals surface area (Å²) in [5, 5.41) is 15.8. The molecule has 138 valence electrons. The predicted molar refractivity (Wildman–Crippen MR) is 114 cm³/mol. The lowest BCUT2D eigenvalue weighted by atomic mass is 10.0. The molecule has 0 atom stereocenters. The number of guanidine groups is 1. The van der Waals surface area contributed by atoms with E-state index in [1.54, 1.807) is 7.05 Å². The number of piperidine rings is 1. The van der Waals surface area contributed by atoms with Crippen LogP contribution in [-0.2, 0) is 6.54 Å². The molecule has 0 bridgehead atoms. The molecule has 1 aromatic carbocycles. The van der Waals surface area contributed by atoms with Crippen molar-refractivity contribution in [2.45, 2.75) is 39.3 Å². The minimum atomic E-state index is 0. The maximum atomic E-state index is 8.97. The van der Waals surface area contributed by atoms with E-state index in [2.05, 4.69) is 40.4 Å². The van der Waals surface area contributed by atoms with Crippen molar-refractivity contribution >= 4 is 29.9 Å². The normalized spacial score (nSPS) is 16.2. The fourth-order valence-electron chi connectivity index (χ4n) is 3.10. The minimum absolute atomic E-state index is 0. The Hall–Kier alpha value is -1.33. The van der Waals surface area contributed by atoms with Crippen LogP contribution in [0.15, 0.2) is 29.3 Å². The van der Waals surface area contributed by atoms with Gasteiger partial charge in [-0.25, -0.2) is 0 Å². The number of likely N-dealkylation sites (tertiary alicyclic amines) is 1. The Bertz CT molecular complexity index is 586. The molecule has 0 radical (unpaired) electrons. The summed E-state index contributed by atoms with van der Waals surface area (Å²) in [6.45, 7) is 8.71. The summed E-state index contributed by atoms with van der Waals surface area (Å²) in [5.74, 6) is 1.56. The van der Waals surface area contributed by atoms with Crippen LogP contribution in [0, 0.1) is 17.2 Å². The van der Waals surface area contributed by atoms with Gasteiger partial charge in [0.05, 0.1) is 11.6 Å². The Morgan fingerprint density at radius 1 is 1.36 bits per heavy atom. The monoisotopic (exact) mass is 455 g/mol. The highest BCUT2D eigenvalue weighted by molar-refractivity contribution is 14.0. The Kier molecular flexibility index (Phi) is 9.83. The molecule has 1 aromatic rings. The third-order valence-electron chi connectivity index (χ3n) is 4.29. The van der Waals surface area contributed by atoms with Crippen molar-refractivity contribution in [1.29, 1.82) is 5.26 Å². The first-order chi connectivity index (χ1) is 11.6. The van der Waals surface area contributed by atoms with E-state index in [0.29, 0.717) is 18.2 Å². The number of benzene rings is 1. The number of nitrogens with one attached hydrogen (secondary N) is 2. The van der Waals surface area contributed by atoms with E-state index in [4.69, 9.17) is 5.26 Å². The zero-order chi connectivity index (χ0) is 17.4. The smallest absolute Gasteiger partial charge is 0.191 e. The van der Waals surface area contributed by atoms with Gasteiger partial charge < -0.3 is 15.5 Å². The first-order valence-electron chi connectivity index (χ1n) is 8.79. The molecule has 1 fully saturated rings.